The van der Waals surface area contributed by atoms with Gasteiger partial charge in [-0.2, -0.15) is 0 Å². The minimum absolute atomic E-state index is 0.181. The van der Waals surface area contributed by atoms with Crippen molar-refractivity contribution in [1.29, 1.82) is 0 Å². The third kappa shape index (κ3) is 7.13. The lowest BCUT2D eigenvalue weighted by molar-refractivity contribution is -0.122. The molecular weight excluding hydrogens is 354 g/mol. The maximum atomic E-state index is 11.6. The topological polar surface area (TPSA) is 78.0 Å². The predicted molar refractivity (Wildman–Crippen MR) is 111 cm³/mol. The average Bonchev–Trinajstić information content (AvgIpc) is 3.56. The largest absolute Gasteiger partial charge is 0.379 e. The van der Waals surface area contributed by atoms with Gasteiger partial charge in [0.15, 0.2) is 5.96 Å². The second kappa shape index (κ2) is 11.0. The van der Waals surface area contributed by atoms with Crippen molar-refractivity contribution in [3.63, 3.8) is 0 Å². The molecule has 2 aliphatic rings. The van der Waals surface area contributed by atoms with Crippen LogP contribution in [0.1, 0.15) is 30.9 Å². The number of nitrogens with one attached hydrogen (secondary N) is 3. The highest BCUT2D eigenvalue weighted by molar-refractivity contribution is 5.81. The SMILES string of the molecule is CCNC(=NCc1ccc(CN2CCOCC2)cc1)NCCNC(=O)C1CC1. The van der Waals surface area contributed by atoms with Gasteiger partial charge in [0.2, 0.25) is 5.91 Å². The maximum absolute atomic E-state index is 11.6. The number of benzene rings is 1. The van der Waals surface area contributed by atoms with Gasteiger partial charge in [-0.25, -0.2) is 4.99 Å². The molecule has 1 aliphatic heterocycles. The normalized spacial score (nSPS) is 18.0. The maximum Gasteiger partial charge on any atom is 0.223 e. The summed E-state index contributed by atoms with van der Waals surface area (Å²) < 4.78 is 5.40. The van der Waals surface area contributed by atoms with Crippen molar-refractivity contribution in [3.05, 3.63) is 35.4 Å². The number of ether oxygens (including phenoxy) is 1. The predicted octanol–water partition coefficient (Wildman–Crippen LogP) is 1.10. The lowest BCUT2D eigenvalue weighted by Gasteiger charge is -2.26. The second-order valence-corrected chi connectivity index (χ2v) is 7.39. The first-order valence-corrected chi connectivity index (χ1v) is 10.4. The molecule has 0 unspecified atom stereocenters. The van der Waals surface area contributed by atoms with Crippen molar-refractivity contribution in [3.8, 4) is 0 Å². The smallest absolute Gasteiger partial charge is 0.223 e. The van der Waals surface area contributed by atoms with Crippen molar-refractivity contribution in [2.45, 2.75) is 32.9 Å². The van der Waals surface area contributed by atoms with E-state index in [1.807, 2.05) is 6.92 Å². The molecule has 7 heteroatoms. The zero-order valence-electron chi connectivity index (χ0n) is 16.9. The van der Waals surface area contributed by atoms with Gasteiger partial charge in [0.05, 0.1) is 19.8 Å². The zero-order valence-corrected chi connectivity index (χ0v) is 16.9. The average molecular weight is 388 g/mol. The van der Waals surface area contributed by atoms with Crippen LogP contribution in [0.15, 0.2) is 29.3 Å². The fraction of sp³-hybridized carbons (Fsp3) is 0.619. The third-order valence-electron chi connectivity index (χ3n) is 4.96. The number of hydrogen-bond acceptors (Lipinski definition) is 4. The molecular formula is C21H33N5O2. The standard InChI is InChI=1S/C21H33N5O2/c1-2-22-21(24-10-9-23-20(27)19-7-8-19)25-15-17-3-5-18(6-4-17)16-26-11-13-28-14-12-26/h3-6,19H,2,7-16H2,1H3,(H,23,27)(H2,22,24,25). The minimum Gasteiger partial charge on any atom is -0.379 e. The molecule has 3 N–H and O–H groups in total. The molecule has 7 nitrogen and oxygen atoms in total. The number of amides is 1. The van der Waals surface area contributed by atoms with Gasteiger partial charge in [-0.05, 0) is 30.9 Å². The van der Waals surface area contributed by atoms with E-state index in [0.717, 1.165) is 58.2 Å². The van der Waals surface area contributed by atoms with Crippen LogP contribution in [0.25, 0.3) is 0 Å². The van der Waals surface area contributed by atoms with E-state index >= 15 is 0 Å². The quantitative estimate of drug-likeness (QED) is 0.336. The number of carbonyl (C=O) groups excluding carboxylic acids is 1. The molecule has 0 aromatic heterocycles. The van der Waals surface area contributed by atoms with E-state index in [2.05, 4.69) is 50.1 Å². The number of nitrogens with zero attached hydrogens (tertiary/aromatic N) is 2. The summed E-state index contributed by atoms with van der Waals surface area (Å²) in [7, 11) is 0. The van der Waals surface area contributed by atoms with E-state index in [-0.39, 0.29) is 11.8 Å². The van der Waals surface area contributed by atoms with Crippen LogP contribution < -0.4 is 16.0 Å². The Morgan fingerprint density at radius 2 is 1.75 bits per heavy atom. The summed E-state index contributed by atoms with van der Waals surface area (Å²) in [6.07, 6.45) is 2.07. The summed E-state index contributed by atoms with van der Waals surface area (Å²) in [4.78, 5) is 18.7. The Kier molecular flexibility index (Phi) is 8.11. The lowest BCUT2D eigenvalue weighted by Crippen LogP contribution is -2.41. The van der Waals surface area contributed by atoms with Crippen molar-refractivity contribution in [1.82, 2.24) is 20.9 Å². The Balaban J connectivity index is 1.41. The van der Waals surface area contributed by atoms with Crippen molar-refractivity contribution in [2.75, 3.05) is 45.9 Å². The molecule has 1 amide bonds. The third-order valence-corrected chi connectivity index (χ3v) is 4.96. The Labute approximate surface area is 167 Å². The summed E-state index contributed by atoms with van der Waals surface area (Å²) in [6, 6.07) is 8.68. The van der Waals surface area contributed by atoms with Crippen molar-refractivity contribution >= 4 is 11.9 Å². The number of hydrogen-bond donors (Lipinski definition) is 3. The fourth-order valence-electron chi connectivity index (χ4n) is 3.14. The first-order valence-electron chi connectivity index (χ1n) is 10.4. The van der Waals surface area contributed by atoms with Crippen molar-refractivity contribution in [2.24, 2.45) is 10.9 Å². The summed E-state index contributed by atoms with van der Waals surface area (Å²) in [6.45, 7) is 9.42. The minimum atomic E-state index is 0.181. The van der Waals surface area contributed by atoms with E-state index in [9.17, 15) is 4.79 Å². The molecule has 1 saturated heterocycles. The summed E-state index contributed by atoms with van der Waals surface area (Å²) >= 11 is 0. The lowest BCUT2D eigenvalue weighted by atomic mass is 10.1. The van der Waals surface area contributed by atoms with Crippen LogP contribution in [0.2, 0.25) is 0 Å². The highest BCUT2D eigenvalue weighted by Gasteiger charge is 2.28. The summed E-state index contributed by atoms with van der Waals surface area (Å²) in [5.41, 5.74) is 2.51. The molecule has 3 rings (SSSR count). The first-order chi connectivity index (χ1) is 13.7. The summed E-state index contributed by atoms with van der Waals surface area (Å²) in [5.74, 6) is 1.22. The van der Waals surface area contributed by atoms with Gasteiger partial charge < -0.3 is 20.7 Å². The van der Waals surface area contributed by atoms with Crippen LogP contribution in [0.3, 0.4) is 0 Å². The molecule has 0 atom stereocenters. The van der Waals surface area contributed by atoms with Gasteiger partial charge in [-0.15, -0.1) is 0 Å². The molecule has 0 spiro atoms. The molecule has 1 aromatic rings. The van der Waals surface area contributed by atoms with E-state index in [1.54, 1.807) is 0 Å². The van der Waals surface area contributed by atoms with Crippen LogP contribution in [-0.2, 0) is 22.6 Å². The molecule has 0 radical (unpaired) electrons. The molecule has 0 bridgehead atoms. The Morgan fingerprint density at radius 1 is 1.07 bits per heavy atom. The fourth-order valence-corrected chi connectivity index (χ4v) is 3.14. The van der Waals surface area contributed by atoms with Gasteiger partial charge in [0.25, 0.3) is 0 Å². The van der Waals surface area contributed by atoms with Gasteiger partial charge in [-0.3, -0.25) is 9.69 Å². The number of aliphatic imine (C=N–C) groups is 1. The van der Waals surface area contributed by atoms with E-state index < -0.39 is 0 Å². The van der Waals surface area contributed by atoms with Crippen LogP contribution in [-0.4, -0.2) is 62.7 Å². The van der Waals surface area contributed by atoms with Crippen molar-refractivity contribution < 1.29 is 9.53 Å². The van der Waals surface area contributed by atoms with E-state index in [4.69, 9.17) is 4.74 Å². The Bertz CT molecular complexity index is 637. The molecule has 1 aromatic carbocycles. The Morgan fingerprint density at radius 3 is 2.43 bits per heavy atom. The molecule has 1 heterocycles. The van der Waals surface area contributed by atoms with Crippen LogP contribution in [0, 0.1) is 5.92 Å². The van der Waals surface area contributed by atoms with Crippen LogP contribution >= 0.6 is 0 Å². The molecule has 1 saturated carbocycles. The van der Waals surface area contributed by atoms with Gasteiger partial charge >= 0.3 is 0 Å². The van der Waals surface area contributed by atoms with Gasteiger partial charge in [-0.1, -0.05) is 24.3 Å². The Hall–Kier alpha value is -2.12. The molecule has 28 heavy (non-hydrogen) atoms. The molecule has 1 aliphatic carbocycles. The second-order valence-electron chi connectivity index (χ2n) is 7.39. The molecule has 2 fully saturated rings. The van der Waals surface area contributed by atoms with E-state index in [0.29, 0.717) is 19.6 Å². The number of morpholine rings is 1. The first kappa shape index (κ1) is 20.6. The number of carbonyl (C=O) groups is 1. The van der Waals surface area contributed by atoms with Crippen LogP contribution in [0.4, 0.5) is 0 Å². The number of rotatable bonds is 9. The van der Waals surface area contributed by atoms with E-state index in [1.165, 1.54) is 11.1 Å². The summed E-state index contributed by atoms with van der Waals surface area (Å²) in [5, 5.41) is 9.49. The van der Waals surface area contributed by atoms with Gasteiger partial charge in [0.1, 0.15) is 0 Å². The monoisotopic (exact) mass is 387 g/mol. The van der Waals surface area contributed by atoms with Crippen LogP contribution in [0.5, 0.6) is 0 Å². The molecule has 154 valence electrons. The zero-order chi connectivity index (χ0) is 19.6. The highest BCUT2D eigenvalue weighted by atomic mass is 16.5. The van der Waals surface area contributed by atoms with Gasteiger partial charge in [0, 0.05) is 45.2 Å². The number of guanidine groups is 1. The highest BCUT2D eigenvalue weighted by Crippen LogP contribution is 2.28.